The molecule has 0 saturated heterocycles. The van der Waals surface area contributed by atoms with Crippen molar-refractivity contribution < 1.29 is 4.79 Å². The third kappa shape index (κ3) is 3.64. The van der Waals surface area contributed by atoms with Crippen LogP contribution in [0.5, 0.6) is 0 Å². The maximum Gasteiger partial charge on any atom is 0.241 e. The topological polar surface area (TPSA) is 71.8 Å². The van der Waals surface area contributed by atoms with E-state index in [0.717, 1.165) is 22.7 Å². The van der Waals surface area contributed by atoms with Gasteiger partial charge < -0.3 is 10.6 Å². The van der Waals surface area contributed by atoms with Gasteiger partial charge in [-0.2, -0.15) is 5.10 Å². The fourth-order valence-electron chi connectivity index (χ4n) is 1.98. The fraction of sp³-hybridized carbons (Fsp3) is 0.462. The number of carbonyl (C=O) groups excluding carboxylic acids is 1. The minimum absolute atomic E-state index is 0.0487. The second-order valence-electron chi connectivity index (χ2n) is 4.57. The Hall–Kier alpha value is -1.73. The monoisotopic (exact) mass is 293 g/mol. The molecule has 2 N–H and O–H groups in total. The SMILES string of the molecule is CNC(C(=O)NCCc1csc(C)n1)c1cnn(C)c1. The maximum absolute atomic E-state index is 12.2. The van der Waals surface area contributed by atoms with Crippen LogP contribution in [-0.4, -0.2) is 34.3 Å². The first-order valence-corrected chi connectivity index (χ1v) is 7.32. The van der Waals surface area contributed by atoms with Crippen LogP contribution in [0.25, 0.3) is 0 Å². The molecule has 1 atom stereocenters. The van der Waals surface area contributed by atoms with Crippen LogP contribution < -0.4 is 10.6 Å². The molecule has 0 aliphatic rings. The van der Waals surface area contributed by atoms with Gasteiger partial charge in [-0.25, -0.2) is 4.98 Å². The number of rotatable bonds is 6. The van der Waals surface area contributed by atoms with Gasteiger partial charge in [-0.3, -0.25) is 9.48 Å². The summed E-state index contributed by atoms with van der Waals surface area (Å²) in [5.41, 5.74) is 1.88. The van der Waals surface area contributed by atoms with Crippen molar-refractivity contribution >= 4 is 17.2 Å². The highest BCUT2D eigenvalue weighted by Crippen LogP contribution is 2.11. The third-order valence-corrected chi connectivity index (χ3v) is 3.78. The minimum atomic E-state index is -0.374. The summed E-state index contributed by atoms with van der Waals surface area (Å²) in [4.78, 5) is 16.5. The summed E-state index contributed by atoms with van der Waals surface area (Å²) in [5, 5.41) is 13.1. The summed E-state index contributed by atoms with van der Waals surface area (Å²) in [6, 6.07) is -0.374. The quantitative estimate of drug-likeness (QED) is 0.826. The van der Waals surface area contributed by atoms with E-state index < -0.39 is 0 Å². The lowest BCUT2D eigenvalue weighted by atomic mass is 10.1. The second-order valence-corrected chi connectivity index (χ2v) is 5.63. The van der Waals surface area contributed by atoms with E-state index in [9.17, 15) is 4.79 Å². The molecule has 7 heteroatoms. The van der Waals surface area contributed by atoms with E-state index in [4.69, 9.17) is 0 Å². The van der Waals surface area contributed by atoms with Gasteiger partial charge in [0.2, 0.25) is 5.91 Å². The predicted molar refractivity (Wildman–Crippen MR) is 78.6 cm³/mol. The Labute approximate surface area is 122 Å². The Kier molecular flexibility index (Phi) is 4.86. The lowest BCUT2D eigenvalue weighted by molar-refractivity contribution is -0.123. The molecule has 2 rings (SSSR count). The van der Waals surface area contributed by atoms with Crippen LogP contribution in [0.15, 0.2) is 17.8 Å². The van der Waals surface area contributed by atoms with Gasteiger partial charge in [-0.1, -0.05) is 0 Å². The zero-order valence-corrected chi connectivity index (χ0v) is 12.7. The third-order valence-electron chi connectivity index (χ3n) is 2.96. The van der Waals surface area contributed by atoms with E-state index in [2.05, 4.69) is 20.7 Å². The lowest BCUT2D eigenvalue weighted by Gasteiger charge is -2.14. The lowest BCUT2D eigenvalue weighted by Crippen LogP contribution is -2.36. The van der Waals surface area contributed by atoms with Crippen molar-refractivity contribution in [3.63, 3.8) is 0 Å². The van der Waals surface area contributed by atoms with Crippen molar-refractivity contribution in [1.82, 2.24) is 25.4 Å². The number of likely N-dealkylation sites (N-methyl/N-ethyl adjacent to an activating group) is 1. The van der Waals surface area contributed by atoms with E-state index in [-0.39, 0.29) is 11.9 Å². The molecule has 0 aliphatic heterocycles. The maximum atomic E-state index is 12.2. The van der Waals surface area contributed by atoms with E-state index >= 15 is 0 Å². The Morgan fingerprint density at radius 1 is 1.55 bits per heavy atom. The molecule has 0 aromatic carbocycles. The number of carbonyl (C=O) groups is 1. The highest BCUT2D eigenvalue weighted by molar-refractivity contribution is 7.09. The van der Waals surface area contributed by atoms with Crippen LogP contribution in [0.2, 0.25) is 0 Å². The number of thiazole rings is 1. The molecular weight excluding hydrogens is 274 g/mol. The Bertz CT molecular complexity index is 577. The second kappa shape index (κ2) is 6.62. The van der Waals surface area contributed by atoms with Gasteiger partial charge in [0, 0.05) is 37.2 Å². The fourth-order valence-corrected chi connectivity index (χ4v) is 2.62. The molecular formula is C13H19N5OS. The molecule has 1 unspecified atom stereocenters. The van der Waals surface area contributed by atoms with Gasteiger partial charge in [-0.05, 0) is 14.0 Å². The van der Waals surface area contributed by atoms with Gasteiger partial charge in [-0.15, -0.1) is 11.3 Å². The first-order chi connectivity index (χ1) is 9.60. The molecule has 2 heterocycles. The van der Waals surface area contributed by atoms with E-state index in [1.54, 1.807) is 29.3 Å². The normalized spacial score (nSPS) is 12.3. The summed E-state index contributed by atoms with van der Waals surface area (Å²) >= 11 is 1.63. The van der Waals surface area contributed by atoms with Crippen LogP contribution in [0.4, 0.5) is 0 Å². The molecule has 0 spiro atoms. The smallest absolute Gasteiger partial charge is 0.241 e. The number of nitrogens with zero attached hydrogens (tertiary/aromatic N) is 3. The van der Waals surface area contributed by atoms with Crippen LogP contribution >= 0.6 is 11.3 Å². The predicted octanol–water partition coefficient (Wildman–Crippen LogP) is 0.804. The van der Waals surface area contributed by atoms with E-state index in [1.165, 1.54) is 0 Å². The van der Waals surface area contributed by atoms with Crippen molar-refractivity contribution in [3.05, 3.63) is 34.0 Å². The molecule has 20 heavy (non-hydrogen) atoms. The first kappa shape index (κ1) is 14.7. The number of aromatic nitrogens is 3. The van der Waals surface area contributed by atoms with Crippen molar-refractivity contribution in [2.24, 2.45) is 7.05 Å². The minimum Gasteiger partial charge on any atom is -0.354 e. The highest BCUT2D eigenvalue weighted by Gasteiger charge is 2.19. The van der Waals surface area contributed by atoms with Gasteiger partial charge in [0.1, 0.15) is 6.04 Å². The largest absolute Gasteiger partial charge is 0.354 e. The summed E-state index contributed by atoms with van der Waals surface area (Å²) in [5.74, 6) is -0.0487. The zero-order chi connectivity index (χ0) is 14.5. The van der Waals surface area contributed by atoms with Crippen LogP contribution in [0, 0.1) is 6.92 Å². The highest BCUT2D eigenvalue weighted by atomic mass is 32.1. The number of aryl methyl sites for hydroxylation is 2. The zero-order valence-electron chi connectivity index (χ0n) is 11.9. The Balaban J connectivity index is 1.86. The van der Waals surface area contributed by atoms with Gasteiger partial charge >= 0.3 is 0 Å². The van der Waals surface area contributed by atoms with Gasteiger partial charge in [0.05, 0.1) is 16.9 Å². The van der Waals surface area contributed by atoms with Crippen molar-refractivity contribution in [2.45, 2.75) is 19.4 Å². The number of hydrogen-bond donors (Lipinski definition) is 2. The van der Waals surface area contributed by atoms with Crippen molar-refractivity contribution in [3.8, 4) is 0 Å². The molecule has 0 saturated carbocycles. The molecule has 0 fully saturated rings. The number of amides is 1. The van der Waals surface area contributed by atoms with Crippen LogP contribution in [0.3, 0.4) is 0 Å². The van der Waals surface area contributed by atoms with Gasteiger partial charge in [0.25, 0.3) is 0 Å². The first-order valence-electron chi connectivity index (χ1n) is 6.44. The van der Waals surface area contributed by atoms with Crippen molar-refractivity contribution in [1.29, 1.82) is 0 Å². The molecule has 1 amide bonds. The summed E-state index contributed by atoms with van der Waals surface area (Å²) in [6.07, 6.45) is 4.29. The summed E-state index contributed by atoms with van der Waals surface area (Å²) < 4.78 is 1.69. The summed E-state index contributed by atoms with van der Waals surface area (Å²) in [6.45, 7) is 2.56. The molecule has 0 bridgehead atoms. The molecule has 2 aromatic heterocycles. The standard InChI is InChI=1S/C13H19N5OS/c1-9-17-11(8-20-9)4-5-15-13(19)12(14-2)10-6-16-18(3)7-10/h6-8,12,14H,4-5H2,1-3H3,(H,15,19). The molecule has 0 radical (unpaired) electrons. The molecule has 108 valence electrons. The van der Waals surface area contributed by atoms with Crippen molar-refractivity contribution in [2.75, 3.05) is 13.6 Å². The molecule has 2 aromatic rings. The van der Waals surface area contributed by atoms with Crippen LogP contribution in [-0.2, 0) is 18.3 Å². The molecule has 6 nitrogen and oxygen atoms in total. The van der Waals surface area contributed by atoms with E-state index in [1.807, 2.05) is 25.5 Å². The average Bonchev–Trinajstić information content (AvgIpc) is 3.00. The number of hydrogen-bond acceptors (Lipinski definition) is 5. The molecule has 0 aliphatic carbocycles. The van der Waals surface area contributed by atoms with Crippen LogP contribution in [0.1, 0.15) is 22.3 Å². The van der Waals surface area contributed by atoms with Gasteiger partial charge in [0.15, 0.2) is 0 Å². The number of nitrogens with one attached hydrogen (secondary N) is 2. The Morgan fingerprint density at radius 3 is 2.90 bits per heavy atom. The average molecular weight is 293 g/mol. The Morgan fingerprint density at radius 2 is 2.35 bits per heavy atom. The summed E-state index contributed by atoms with van der Waals surface area (Å²) in [7, 11) is 3.60. The van der Waals surface area contributed by atoms with E-state index in [0.29, 0.717) is 6.54 Å².